The Balaban J connectivity index is 1.57. The predicted molar refractivity (Wildman–Crippen MR) is 101 cm³/mol. The van der Waals surface area contributed by atoms with Gasteiger partial charge in [-0.05, 0) is 42.0 Å². The molecule has 0 bridgehead atoms. The van der Waals surface area contributed by atoms with Crippen molar-refractivity contribution in [2.45, 2.75) is 10.9 Å². The Kier molecular flexibility index (Phi) is 4.30. The Hall–Kier alpha value is -2.93. The minimum Gasteiger partial charge on any atom is -0.322 e. The lowest BCUT2D eigenvalue weighted by Crippen LogP contribution is -2.11. The van der Waals surface area contributed by atoms with Crippen LogP contribution in [0.5, 0.6) is 0 Å². The molecule has 5 nitrogen and oxygen atoms in total. The van der Waals surface area contributed by atoms with Gasteiger partial charge < -0.3 is 9.55 Å². The molecule has 7 heteroatoms. The van der Waals surface area contributed by atoms with E-state index in [0.717, 1.165) is 16.4 Å². The SMILES string of the molecule is Cn1c(-c2ccc(F)cc2)cnc1SCc1nc2ccccc2c(=O)[nH]1. The van der Waals surface area contributed by atoms with Gasteiger partial charge >= 0.3 is 0 Å². The molecule has 2 aromatic heterocycles. The van der Waals surface area contributed by atoms with Crippen molar-refractivity contribution in [2.75, 3.05) is 0 Å². The highest BCUT2D eigenvalue weighted by molar-refractivity contribution is 7.98. The molecular formula is C19H15FN4OS. The predicted octanol–water partition coefficient (Wildman–Crippen LogP) is 3.76. The van der Waals surface area contributed by atoms with Crippen molar-refractivity contribution in [2.24, 2.45) is 7.05 Å². The maximum absolute atomic E-state index is 13.1. The van der Waals surface area contributed by atoms with E-state index in [-0.39, 0.29) is 11.4 Å². The number of rotatable bonds is 4. The zero-order valence-electron chi connectivity index (χ0n) is 13.9. The number of nitrogens with one attached hydrogen (secondary N) is 1. The average Bonchev–Trinajstić information content (AvgIpc) is 3.01. The molecule has 130 valence electrons. The molecule has 4 rings (SSSR count). The van der Waals surface area contributed by atoms with E-state index in [9.17, 15) is 9.18 Å². The molecule has 0 amide bonds. The fourth-order valence-electron chi connectivity index (χ4n) is 2.75. The van der Waals surface area contributed by atoms with Crippen molar-refractivity contribution in [1.29, 1.82) is 0 Å². The van der Waals surface area contributed by atoms with Crippen LogP contribution in [0.4, 0.5) is 4.39 Å². The van der Waals surface area contributed by atoms with Gasteiger partial charge in [0.2, 0.25) is 0 Å². The van der Waals surface area contributed by atoms with E-state index in [0.29, 0.717) is 22.5 Å². The van der Waals surface area contributed by atoms with Crippen molar-refractivity contribution in [1.82, 2.24) is 19.5 Å². The molecule has 26 heavy (non-hydrogen) atoms. The van der Waals surface area contributed by atoms with Crippen molar-refractivity contribution in [3.63, 3.8) is 0 Å². The first-order chi connectivity index (χ1) is 12.6. The van der Waals surface area contributed by atoms with Gasteiger partial charge in [-0.3, -0.25) is 4.79 Å². The van der Waals surface area contributed by atoms with E-state index in [1.165, 1.54) is 23.9 Å². The van der Waals surface area contributed by atoms with Gasteiger partial charge in [0.25, 0.3) is 5.56 Å². The summed E-state index contributed by atoms with van der Waals surface area (Å²) in [6.45, 7) is 0. The number of para-hydroxylation sites is 1. The summed E-state index contributed by atoms with van der Waals surface area (Å²) in [6.07, 6.45) is 1.76. The number of hydrogen-bond acceptors (Lipinski definition) is 4. The first-order valence-electron chi connectivity index (χ1n) is 8.00. The molecule has 0 fully saturated rings. The number of aromatic nitrogens is 4. The summed E-state index contributed by atoms with van der Waals surface area (Å²) in [7, 11) is 1.91. The van der Waals surface area contributed by atoms with Gasteiger partial charge in [-0.2, -0.15) is 0 Å². The van der Waals surface area contributed by atoms with Crippen LogP contribution in [0.2, 0.25) is 0 Å². The van der Waals surface area contributed by atoms with Gasteiger partial charge in [-0.1, -0.05) is 23.9 Å². The summed E-state index contributed by atoms with van der Waals surface area (Å²) in [6, 6.07) is 13.6. The molecule has 0 aliphatic rings. The number of thioether (sulfide) groups is 1. The Labute approximate surface area is 152 Å². The number of fused-ring (bicyclic) bond motifs is 1. The van der Waals surface area contributed by atoms with Crippen molar-refractivity contribution in [3.8, 4) is 11.3 Å². The number of nitrogens with zero attached hydrogens (tertiary/aromatic N) is 3. The fraction of sp³-hybridized carbons (Fsp3) is 0.105. The Morgan fingerprint density at radius 3 is 2.73 bits per heavy atom. The largest absolute Gasteiger partial charge is 0.322 e. The summed E-state index contributed by atoms with van der Waals surface area (Å²) >= 11 is 1.48. The quantitative estimate of drug-likeness (QED) is 0.559. The molecule has 1 N–H and O–H groups in total. The van der Waals surface area contributed by atoms with E-state index in [2.05, 4.69) is 15.0 Å². The number of hydrogen-bond donors (Lipinski definition) is 1. The van der Waals surface area contributed by atoms with Crippen LogP contribution in [0, 0.1) is 5.82 Å². The van der Waals surface area contributed by atoms with E-state index >= 15 is 0 Å². The van der Waals surface area contributed by atoms with Crippen molar-refractivity contribution in [3.05, 3.63) is 76.7 Å². The highest BCUT2D eigenvalue weighted by atomic mass is 32.2. The molecule has 2 aromatic carbocycles. The van der Waals surface area contributed by atoms with E-state index in [1.807, 2.05) is 29.8 Å². The molecule has 0 saturated heterocycles. The summed E-state index contributed by atoms with van der Waals surface area (Å²) in [5, 5.41) is 1.37. The fourth-order valence-corrected chi connectivity index (χ4v) is 3.57. The first kappa shape index (κ1) is 16.5. The summed E-state index contributed by atoms with van der Waals surface area (Å²) in [4.78, 5) is 23.9. The lowest BCUT2D eigenvalue weighted by Gasteiger charge is -2.06. The molecule has 0 aliphatic heterocycles. The number of H-pyrrole nitrogens is 1. The standard InChI is InChI=1S/C19H15FN4OS/c1-24-16(12-6-8-13(20)9-7-12)10-21-19(24)26-11-17-22-15-5-3-2-4-14(15)18(25)23-17/h2-10H,11H2,1H3,(H,22,23,25). The molecule has 0 radical (unpaired) electrons. The maximum atomic E-state index is 13.1. The van der Waals surface area contributed by atoms with Crippen LogP contribution in [0.15, 0.2) is 64.7 Å². The highest BCUT2D eigenvalue weighted by Crippen LogP contribution is 2.26. The molecule has 0 unspecified atom stereocenters. The van der Waals surface area contributed by atoms with Crippen LogP contribution < -0.4 is 5.56 Å². The minimum absolute atomic E-state index is 0.141. The third kappa shape index (κ3) is 3.13. The molecule has 4 aromatic rings. The Morgan fingerprint density at radius 1 is 1.15 bits per heavy atom. The van der Waals surface area contributed by atoms with E-state index < -0.39 is 0 Å². The second-order valence-electron chi connectivity index (χ2n) is 5.81. The smallest absolute Gasteiger partial charge is 0.258 e. The van der Waals surface area contributed by atoms with Crippen LogP contribution >= 0.6 is 11.8 Å². The van der Waals surface area contributed by atoms with Gasteiger partial charge in [0.15, 0.2) is 5.16 Å². The summed E-state index contributed by atoms with van der Waals surface area (Å²) in [5.41, 5.74) is 2.33. The second-order valence-corrected chi connectivity index (χ2v) is 6.75. The van der Waals surface area contributed by atoms with Gasteiger partial charge in [-0.15, -0.1) is 0 Å². The topological polar surface area (TPSA) is 63.6 Å². The van der Waals surface area contributed by atoms with Crippen LogP contribution in [-0.2, 0) is 12.8 Å². The monoisotopic (exact) mass is 366 g/mol. The lowest BCUT2D eigenvalue weighted by atomic mass is 10.2. The molecule has 0 atom stereocenters. The van der Waals surface area contributed by atoms with Gasteiger partial charge in [-0.25, -0.2) is 14.4 Å². The molecule has 0 spiro atoms. The van der Waals surface area contributed by atoms with Crippen molar-refractivity contribution >= 4 is 22.7 Å². The maximum Gasteiger partial charge on any atom is 0.258 e. The minimum atomic E-state index is -0.267. The zero-order chi connectivity index (χ0) is 18.1. The first-order valence-corrected chi connectivity index (χ1v) is 8.99. The number of halogens is 1. The van der Waals surface area contributed by atoms with Gasteiger partial charge in [0.1, 0.15) is 11.6 Å². The van der Waals surface area contributed by atoms with Gasteiger partial charge in [0.05, 0.1) is 28.5 Å². The van der Waals surface area contributed by atoms with E-state index in [4.69, 9.17) is 0 Å². The average molecular weight is 366 g/mol. The molecule has 0 aliphatic carbocycles. The third-order valence-electron chi connectivity index (χ3n) is 4.09. The van der Waals surface area contributed by atoms with Crippen LogP contribution in [0.25, 0.3) is 22.2 Å². The molecule has 2 heterocycles. The Bertz CT molecular complexity index is 1130. The number of aromatic amines is 1. The zero-order valence-corrected chi connectivity index (χ0v) is 14.8. The number of benzene rings is 2. The summed E-state index contributed by atoms with van der Waals surface area (Å²) < 4.78 is 15.0. The number of imidazole rings is 1. The molecular weight excluding hydrogens is 351 g/mol. The Morgan fingerprint density at radius 2 is 1.92 bits per heavy atom. The third-order valence-corrected chi connectivity index (χ3v) is 5.14. The van der Waals surface area contributed by atoms with Gasteiger partial charge in [0, 0.05) is 7.05 Å². The van der Waals surface area contributed by atoms with Crippen LogP contribution in [0.1, 0.15) is 5.82 Å². The van der Waals surface area contributed by atoms with Crippen LogP contribution in [0.3, 0.4) is 0 Å². The van der Waals surface area contributed by atoms with E-state index in [1.54, 1.807) is 24.4 Å². The second kappa shape index (κ2) is 6.76. The summed E-state index contributed by atoms with van der Waals surface area (Å²) in [5.74, 6) is 0.829. The normalized spacial score (nSPS) is 11.2. The lowest BCUT2D eigenvalue weighted by molar-refractivity contribution is 0.628. The molecule has 0 saturated carbocycles. The van der Waals surface area contributed by atoms with Crippen molar-refractivity contribution < 1.29 is 4.39 Å². The highest BCUT2D eigenvalue weighted by Gasteiger charge is 2.11. The van der Waals surface area contributed by atoms with Crippen LogP contribution in [-0.4, -0.2) is 19.5 Å².